The number of nitrogens with one attached hydrogen (secondary N) is 1. The van der Waals surface area contributed by atoms with Crippen LogP contribution in [0.25, 0.3) is 43.8 Å². The van der Waals surface area contributed by atoms with Gasteiger partial charge in [-0.15, -0.1) is 0 Å². The van der Waals surface area contributed by atoms with Crippen LogP contribution < -0.4 is 0 Å². The summed E-state index contributed by atoms with van der Waals surface area (Å²) in [6.07, 6.45) is 1.86. The van der Waals surface area contributed by atoms with E-state index >= 15 is 0 Å². The van der Waals surface area contributed by atoms with Crippen molar-refractivity contribution in [1.29, 1.82) is 0 Å². The van der Waals surface area contributed by atoms with E-state index in [1.807, 2.05) is 12.3 Å². The molecule has 2 heterocycles. The van der Waals surface area contributed by atoms with Gasteiger partial charge in [0.15, 0.2) is 0 Å². The Morgan fingerprint density at radius 1 is 0.808 bits per heavy atom. The zero-order valence-corrected chi connectivity index (χ0v) is 14.8. The molecule has 0 saturated heterocycles. The smallest absolute Gasteiger partial charge is 0.138 e. The SMILES string of the molecule is CC1(C)c2ccccc2-c2c1c1[nH]c3ncccc3c1c1ccccc21. The molecule has 0 amide bonds. The molecule has 2 aromatic heterocycles. The highest BCUT2D eigenvalue weighted by Crippen LogP contribution is 2.54. The molecular weight excluding hydrogens is 316 g/mol. The lowest BCUT2D eigenvalue weighted by atomic mass is 9.81. The van der Waals surface area contributed by atoms with Crippen LogP contribution in [0.2, 0.25) is 0 Å². The van der Waals surface area contributed by atoms with Gasteiger partial charge in [-0.25, -0.2) is 4.98 Å². The molecule has 0 radical (unpaired) electrons. The molecule has 2 heteroatoms. The Morgan fingerprint density at radius 3 is 2.42 bits per heavy atom. The lowest BCUT2D eigenvalue weighted by Crippen LogP contribution is -2.15. The highest BCUT2D eigenvalue weighted by molar-refractivity contribution is 6.25. The number of hydrogen-bond donors (Lipinski definition) is 1. The Labute approximate surface area is 151 Å². The van der Waals surface area contributed by atoms with Crippen molar-refractivity contribution in [2.75, 3.05) is 0 Å². The molecule has 1 aliphatic rings. The van der Waals surface area contributed by atoms with Crippen molar-refractivity contribution >= 4 is 32.7 Å². The molecule has 0 aliphatic heterocycles. The van der Waals surface area contributed by atoms with Crippen molar-refractivity contribution in [1.82, 2.24) is 9.97 Å². The number of fused-ring (bicyclic) bond motifs is 10. The van der Waals surface area contributed by atoms with Gasteiger partial charge < -0.3 is 4.98 Å². The highest BCUT2D eigenvalue weighted by Gasteiger charge is 2.39. The van der Waals surface area contributed by atoms with Crippen molar-refractivity contribution in [3.05, 3.63) is 78.0 Å². The zero-order valence-electron chi connectivity index (χ0n) is 14.8. The van der Waals surface area contributed by atoms with Gasteiger partial charge in [0.05, 0.1) is 5.52 Å². The van der Waals surface area contributed by atoms with E-state index in [4.69, 9.17) is 0 Å². The topological polar surface area (TPSA) is 28.7 Å². The quantitative estimate of drug-likeness (QED) is 0.360. The predicted octanol–water partition coefficient (Wildman–Crippen LogP) is 6.18. The Morgan fingerprint density at radius 2 is 1.54 bits per heavy atom. The van der Waals surface area contributed by atoms with E-state index in [2.05, 4.69) is 78.4 Å². The van der Waals surface area contributed by atoms with Crippen LogP contribution in [0.15, 0.2) is 66.9 Å². The molecule has 6 rings (SSSR count). The second-order valence-electron chi connectivity index (χ2n) is 7.74. The number of aromatic nitrogens is 2. The third-order valence-corrected chi connectivity index (χ3v) is 6.03. The van der Waals surface area contributed by atoms with Crippen molar-refractivity contribution < 1.29 is 0 Å². The number of hydrogen-bond acceptors (Lipinski definition) is 1. The Hall–Kier alpha value is -3.13. The first-order valence-electron chi connectivity index (χ1n) is 9.09. The molecule has 3 aromatic carbocycles. The minimum atomic E-state index is -0.0465. The summed E-state index contributed by atoms with van der Waals surface area (Å²) in [5.41, 5.74) is 7.68. The first-order valence-corrected chi connectivity index (χ1v) is 9.09. The minimum absolute atomic E-state index is 0.0465. The number of aromatic amines is 1. The highest BCUT2D eigenvalue weighted by atomic mass is 14.9. The number of pyridine rings is 1. The van der Waals surface area contributed by atoms with Crippen LogP contribution in [0.5, 0.6) is 0 Å². The summed E-state index contributed by atoms with van der Waals surface area (Å²) >= 11 is 0. The largest absolute Gasteiger partial charge is 0.339 e. The molecular formula is C24H18N2. The Balaban J connectivity index is 1.98. The van der Waals surface area contributed by atoms with E-state index in [-0.39, 0.29) is 5.41 Å². The number of rotatable bonds is 0. The second-order valence-corrected chi connectivity index (χ2v) is 7.74. The fraction of sp³-hybridized carbons (Fsp3) is 0.125. The summed E-state index contributed by atoms with van der Waals surface area (Å²) in [5, 5.41) is 5.13. The number of H-pyrrole nitrogens is 1. The lowest BCUT2D eigenvalue weighted by molar-refractivity contribution is 0.665. The van der Waals surface area contributed by atoms with Gasteiger partial charge in [0.25, 0.3) is 0 Å². The predicted molar refractivity (Wildman–Crippen MR) is 109 cm³/mol. The Bertz CT molecular complexity index is 1360. The zero-order chi connectivity index (χ0) is 17.5. The molecule has 0 spiro atoms. The first-order chi connectivity index (χ1) is 12.7. The molecule has 26 heavy (non-hydrogen) atoms. The molecule has 0 unspecified atom stereocenters. The third kappa shape index (κ3) is 1.51. The van der Waals surface area contributed by atoms with E-state index in [0.29, 0.717) is 0 Å². The lowest BCUT2D eigenvalue weighted by Gasteiger charge is -2.22. The maximum atomic E-state index is 4.59. The molecule has 0 atom stereocenters. The van der Waals surface area contributed by atoms with Crippen molar-refractivity contribution in [3.8, 4) is 11.1 Å². The molecule has 0 saturated carbocycles. The second kappa shape index (κ2) is 4.53. The third-order valence-electron chi connectivity index (χ3n) is 6.03. The van der Waals surface area contributed by atoms with Gasteiger partial charge in [-0.05, 0) is 45.2 Å². The molecule has 0 fully saturated rings. The molecule has 124 valence electrons. The summed E-state index contributed by atoms with van der Waals surface area (Å²) in [5.74, 6) is 0. The normalized spacial score (nSPS) is 14.8. The van der Waals surface area contributed by atoms with E-state index < -0.39 is 0 Å². The van der Waals surface area contributed by atoms with Gasteiger partial charge >= 0.3 is 0 Å². The van der Waals surface area contributed by atoms with Crippen LogP contribution >= 0.6 is 0 Å². The van der Waals surface area contributed by atoms with Crippen LogP contribution in [0.3, 0.4) is 0 Å². The maximum Gasteiger partial charge on any atom is 0.138 e. The fourth-order valence-corrected chi connectivity index (χ4v) is 4.95. The first kappa shape index (κ1) is 14.1. The average molecular weight is 334 g/mol. The van der Waals surface area contributed by atoms with Crippen molar-refractivity contribution in [2.45, 2.75) is 19.3 Å². The molecule has 0 bridgehead atoms. The van der Waals surface area contributed by atoms with Crippen LogP contribution in [-0.2, 0) is 5.41 Å². The summed E-state index contributed by atoms with van der Waals surface area (Å²) < 4.78 is 0. The average Bonchev–Trinajstić information content (AvgIpc) is 3.16. The molecule has 1 aliphatic carbocycles. The molecule has 2 nitrogen and oxygen atoms in total. The van der Waals surface area contributed by atoms with Crippen LogP contribution in [0.4, 0.5) is 0 Å². The van der Waals surface area contributed by atoms with Gasteiger partial charge in [-0.2, -0.15) is 0 Å². The summed E-state index contributed by atoms with van der Waals surface area (Å²) in [6, 6.07) is 21.8. The summed E-state index contributed by atoms with van der Waals surface area (Å²) in [4.78, 5) is 8.24. The van der Waals surface area contributed by atoms with E-state index in [1.165, 1.54) is 49.3 Å². The van der Waals surface area contributed by atoms with Crippen molar-refractivity contribution in [2.24, 2.45) is 0 Å². The van der Waals surface area contributed by atoms with Gasteiger partial charge in [0, 0.05) is 22.4 Å². The Kier molecular flexibility index (Phi) is 2.45. The minimum Gasteiger partial charge on any atom is -0.339 e. The fourth-order valence-electron chi connectivity index (χ4n) is 4.95. The number of benzene rings is 3. The van der Waals surface area contributed by atoms with Crippen LogP contribution in [0, 0.1) is 0 Å². The number of nitrogens with zero attached hydrogens (tertiary/aromatic N) is 1. The van der Waals surface area contributed by atoms with Crippen LogP contribution in [0.1, 0.15) is 25.0 Å². The van der Waals surface area contributed by atoms with E-state index in [0.717, 1.165) is 5.65 Å². The maximum absolute atomic E-state index is 4.59. The van der Waals surface area contributed by atoms with E-state index in [1.54, 1.807) is 0 Å². The van der Waals surface area contributed by atoms with Crippen molar-refractivity contribution in [3.63, 3.8) is 0 Å². The van der Waals surface area contributed by atoms with Crippen LogP contribution in [-0.4, -0.2) is 9.97 Å². The van der Waals surface area contributed by atoms with Gasteiger partial charge in [-0.3, -0.25) is 0 Å². The standard InChI is InChI=1S/C24H18N2/c1-24(2)18-12-6-5-10-16(18)19-14-8-3-4-9-15(14)20-17-11-7-13-25-23(17)26-22(20)21(19)24/h3-13H,1-2H3,(H,25,26). The summed E-state index contributed by atoms with van der Waals surface area (Å²) in [7, 11) is 0. The monoisotopic (exact) mass is 334 g/mol. The molecule has 5 aromatic rings. The molecule has 1 N–H and O–H groups in total. The summed E-state index contributed by atoms with van der Waals surface area (Å²) in [6.45, 7) is 4.68. The van der Waals surface area contributed by atoms with Gasteiger partial charge in [0.1, 0.15) is 5.65 Å². The van der Waals surface area contributed by atoms with Gasteiger partial charge in [-0.1, -0.05) is 62.4 Å². The van der Waals surface area contributed by atoms with Gasteiger partial charge in [0.2, 0.25) is 0 Å². The van der Waals surface area contributed by atoms with E-state index in [9.17, 15) is 0 Å².